The molecule has 3 aliphatic heterocycles. The molecular weight excluding hydrogens is 544 g/mol. The van der Waals surface area contributed by atoms with Gasteiger partial charge in [0.1, 0.15) is 6.04 Å². The summed E-state index contributed by atoms with van der Waals surface area (Å²) < 4.78 is 10.7. The quantitative estimate of drug-likeness (QED) is 0.340. The van der Waals surface area contributed by atoms with Gasteiger partial charge in [0.2, 0.25) is 17.3 Å². The molecule has 0 radical (unpaired) electrons. The van der Waals surface area contributed by atoms with Crippen LogP contribution in [0.4, 0.5) is 0 Å². The molecular formula is C30H32N4O8. The number of piperazine rings is 1. The van der Waals surface area contributed by atoms with Crippen LogP contribution in [0, 0.1) is 11.3 Å². The first-order valence-corrected chi connectivity index (χ1v) is 13.8. The maximum atomic E-state index is 13.8. The van der Waals surface area contributed by atoms with Crippen LogP contribution < -0.4 is 5.32 Å². The van der Waals surface area contributed by atoms with Gasteiger partial charge in [-0.05, 0) is 33.7 Å². The summed E-state index contributed by atoms with van der Waals surface area (Å²) in [6.45, 7) is 4.34. The predicted octanol–water partition coefficient (Wildman–Crippen LogP) is 0.241. The van der Waals surface area contributed by atoms with Crippen LogP contribution in [0.1, 0.15) is 40.0 Å². The molecule has 0 saturated carbocycles. The van der Waals surface area contributed by atoms with Crippen molar-refractivity contribution >= 4 is 34.8 Å². The highest BCUT2D eigenvalue weighted by molar-refractivity contribution is 6.36. The molecule has 5 aliphatic rings. The number of ketones is 5. The molecule has 5 rings (SSSR count). The minimum atomic E-state index is -0.985. The Bertz CT molecular complexity index is 1540. The molecule has 0 aromatic rings. The van der Waals surface area contributed by atoms with Crippen molar-refractivity contribution in [2.24, 2.45) is 0 Å². The number of likely N-dealkylation sites (N-methyl/N-ethyl adjacent to an activating group) is 1. The van der Waals surface area contributed by atoms with E-state index in [1.807, 2.05) is 4.90 Å². The molecule has 1 saturated heterocycles. The number of methoxy groups -OCH3 is 2. The Morgan fingerprint density at radius 2 is 1.43 bits per heavy atom. The fourth-order valence-corrected chi connectivity index (χ4v) is 7.26. The largest absolute Gasteiger partial charge is 0.492 e. The van der Waals surface area contributed by atoms with E-state index in [1.165, 1.54) is 28.1 Å². The molecule has 3 heterocycles. The van der Waals surface area contributed by atoms with Gasteiger partial charge < -0.3 is 14.8 Å². The van der Waals surface area contributed by atoms with Crippen LogP contribution >= 0.6 is 0 Å². The van der Waals surface area contributed by atoms with Crippen molar-refractivity contribution in [3.63, 3.8) is 0 Å². The van der Waals surface area contributed by atoms with Crippen molar-refractivity contribution < 1.29 is 38.2 Å². The third-order valence-electron chi connectivity index (χ3n) is 9.24. The fraction of sp³-hybridized carbons (Fsp3) is 0.500. The average molecular weight is 577 g/mol. The average Bonchev–Trinajstić information content (AvgIpc) is 2.97. The normalized spacial score (nSPS) is 29.7. The number of carbonyl (C=O) groups excluding carboxylic acids is 6. The van der Waals surface area contributed by atoms with Gasteiger partial charge in [-0.15, -0.1) is 0 Å². The number of rotatable bonds is 6. The minimum absolute atomic E-state index is 0.00967. The van der Waals surface area contributed by atoms with Crippen molar-refractivity contribution in [2.45, 2.75) is 70.2 Å². The van der Waals surface area contributed by atoms with Gasteiger partial charge in [0, 0.05) is 58.5 Å². The van der Waals surface area contributed by atoms with Gasteiger partial charge >= 0.3 is 0 Å². The Morgan fingerprint density at radius 3 is 1.95 bits per heavy atom. The van der Waals surface area contributed by atoms with Gasteiger partial charge in [-0.3, -0.25) is 38.6 Å². The molecule has 220 valence electrons. The second kappa shape index (κ2) is 10.6. The van der Waals surface area contributed by atoms with Gasteiger partial charge in [0.15, 0.2) is 23.1 Å². The Balaban J connectivity index is 1.70. The smallest absolute Gasteiger partial charge is 0.287 e. The summed E-state index contributed by atoms with van der Waals surface area (Å²) in [5, 5.41) is 13.1. The molecule has 12 heteroatoms. The van der Waals surface area contributed by atoms with Gasteiger partial charge in [0.25, 0.3) is 5.91 Å². The number of nitrogens with one attached hydrogen (secondary N) is 1. The van der Waals surface area contributed by atoms with Gasteiger partial charge in [0.05, 0.1) is 32.4 Å². The van der Waals surface area contributed by atoms with Crippen LogP contribution in [0.5, 0.6) is 0 Å². The van der Waals surface area contributed by atoms with Crippen LogP contribution in [0.2, 0.25) is 0 Å². The van der Waals surface area contributed by atoms with E-state index in [0.29, 0.717) is 5.57 Å². The number of allylic oxidation sites excluding steroid dienone is 4. The van der Waals surface area contributed by atoms with E-state index in [4.69, 9.17) is 9.47 Å². The number of fused-ring (bicyclic) bond motifs is 5. The lowest BCUT2D eigenvalue weighted by atomic mass is 9.67. The van der Waals surface area contributed by atoms with Crippen molar-refractivity contribution in [2.75, 3.05) is 27.8 Å². The van der Waals surface area contributed by atoms with Crippen molar-refractivity contribution in [1.29, 1.82) is 5.26 Å². The van der Waals surface area contributed by atoms with E-state index < -0.39 is 59.2 Å². The standard InChI is InChI=1S/C30H32N4O8/c1-7-20(35)30(40)32-11-19-21-14(24(36)12(2)28(41-5)26(21)38)9-17-23-22-15(25(37)13(3)29(42-6)27(22)39)8-16(33(23)4)18(10-31)34(17)19/h16-19,23H,7-9,11H2,1-6H3,(H,32,40)/t16-,17-,18-,19-,23-/m0/s1. The number of hydrogen-bond acceptors (Lipinski definition) is 11. The molecule has 0 aromatic carbocycles. The highest BCUT2D eigenvalue weighted by Crippen LogP contribution is 2.48. The first-order chi connectivity index (χ1) is 19.9. The van der Waals surface area contributed by atoms with E-state index in [0.717, 1.165) is 0 Å². The summed E-state index contributed by atoms with van der Waals surface area (Å²) in [5.41, 5.74) is 1.20. The zero-order valence-corrected chi connectivity index (χ0v) is 24.3. The maximum Gasteiger partial charge on any atom is 0.287 e. The van der Waals surface area contributed by atoms with Crippen LogP contribution in [0.25, 0.3) is 0 Å². The lowest BCUT2D eigenvalue weighted by Crippen LogP contribution is -2.74. The summed E-state index contributed by atoms with van der Waals surface area (Å²) in [6.07, 6.45) is 0.0918. The molecule has 0 spiro atoms. The second-order valence-corrected chi connectivity index (χ2v) is 11.1. The molecule has 1 amide bonds. The Labute approximate surface area is 242 Å². The van der Waals surface area contributed by atoms with Gasteiger partial charge in [-0.2, -0.15) is 5.26 Å². The number of ether oxygens (including phenoxy) is 2. The lowest BCUT2D eigenvalue weighted by molar-refractivity contribution is -0.138. The van der Waals surface area contributed by atoms with Crippen molar-refractivity contribution in [3.8, 4) is 6.07 Å². The summed E-state index contributed by atoms with van der Waals surface area (Å²) in [7, 11) is 4.39. The second-order valence-electron chi connectivity index (χ2n) is 11.1. The number of nitriles is 1. The SMILES string of the molecule is CCC(=O)C(=O)NC[C@H]1C2=C(C[C@H]3[C@H]4C5=C(C[C@@H]([C@H](C#N)N13)N4C)C(=O)C(C)=C(OC)C5=O)C(=O)C(C)=C(OC)C2=O. The lowest BCUT2D eigenvalue weighted by Gasteiger charge is -2.60. The molecule has 1 fully saturated rings. The Kier molecular flexibility index (Phi) is 7.37. The monoisotopic (exact) mass is 576 g/mol. The van der Waals surface area contributed by atoms with Crippen molar-refractivity contribution in [3.05, 3.63) is 45.0 Å². The summed E-state index contributed by atoms with van der Waals surface area (Å²) in [6, 6.07) is -1.51. The molecule has 42 heavy (non-hydrogen) atoms. The fourth-order valence-electron chi connectivity index (χ4n) is 7.26. The Hall–Kier alpha value is -4.21. The Morgan fingerprint density at radius 1 is 0.905 bits per heavy atom. The first-order valence-electron chi connectivity index (χ1n) is 13.8. The van der Waals surface area contributed by atoms with Gasteiger partial charge in [-0.1, -0.05) is 6.92 Å². The minimum Gasteiger partial charge on any atom is -0.492 e. The number of hydrogen-bond donors (Lipinski definition) is 1. The molecule has 12 nitrogen and oxygen atoms in total. The number of Topliss-reactive ketones (excluding diaryl/α,β-unsaturated/α-hetero) is 5. The number of amides is 1. The first kappa shape index (κ1) is 29.3. The molecule has 1 N–H and O–H groups in total. The number of nitrogens with zero attached hydrogens (tertiary/aromatic N) is 3. The molecule has 2 bridgehead atoms. The van der Waals surface area contributed by atoms with Crippen LogP contribution in [-0.2, 0) is 38.2 Å². The molecule has 5 atom stereocenters. The maximum absolute atomic E-state index is 13.8. The molecule has 0 aromatic heterocycles. The van der Waals surface area contributed by atoms with E-state index in [-0.39, 0.29) is 71.0 Å². The van der Waals surface area contributed by atoms with Crippen LogP contribution in [0.3, 0.4) is 0 Å². The third kappa shape index (κ3) is 3.94. The highest BCUT2D eigenvalue weighted by atomic mass is 16.5. The zero-order chi connectivity index (χ0) is 30.8. The van der Waals surface area contributed by atoms with E-state index >= 15 is 0 Å². The van der Waals surface area contributed by atoms with Crippen molar-refractivity contribution in [1.82, 2.24) is 15.1 Å². The van der Waals surface area contributed by atoms with Gasteiger partial charge in [-0.25, -0.2) is 0 Å². The topological polar surface area (TPSA) is 163 Å². The van der Waals surface area contributed by atoms with Crippen LogP contribution in [-0.4, -0.2) is 103 Å². The molecule has 0 unspecified atom stereocenters. The highest BCUT2D eigenvalue weighted by Gasteiger charge is 2.59. The van der Waals surface area contributed by atoms with Crippen LogP contribution in [0.15, 0.2) is 45.0 Å². The number of carbonyl (C=O) groups is 6. The summed E-state index contributed by atoms with van der Waals surface area (Å²) in [4.78, 5) is 83.1. The van der Waals surface area contributed by atoms with E-state index in [9.17, 15) is 34.0 Å². The van der Waals surface area contributed by atoms with E-state index in [2.05, 4.69) is 11.4 Å². The third-order valence-corrected chi connectivity index (χ3v) is 9.24. The predicted molar refractivity (Wildman–Crippen MR) is 145 cm³/mol. The summed E-state index contributed by atoms with van der Waals surface area (Å²) in [5.74, 6) is -3.37. The molecule has 2 aliphatic carbocycles. The summed E-state index contributed by atoms with van der Waals surface area (Å²) >= 11 is 0. The van der Waals surface area contributed by atoms with E-state index in [1.54, 1.807) is 18.9 Å². The zero-order valence-electron chi connectivity index (χ0n) is 24.3.